The van der Waals surface area contributed by atoms with Crippen molar-refractivity contribution in [3.8, 4) is 0 Å². The second-order valence-electron chi connectivity index (χ2n) is 27.3. The Morgan fingerprint density at radius 2 is 0.574 bits per heavy atom. The number of allylic oxidation sites excluding steroid dienone is 4. The Labute approximate surface area is 573 Å². The molecule has 0 aromatic heterocycles. The number of phosphoric acid groups is 2. The zero-order valence-electron chi connectivity index (χ0n) is 60.7. The topological polar surface area (TPSA) is 237 Å². The Bertz CT molecular complexity index is 1910. The summed E-state index contributed by atoms with van der Waals surface area (Å²) in [7, 11) is -9.92. The summed E-state index contributed by atoms with van der Waals surface area (Å²) in [6, 6.07) is 0. The average Bonchev–Trinajstić information content (AvgIpc) is 2.44. The number of ether oxygens (including phenoxy) is 4. The highest BCUT2D eigenvalue weighted by Gasteiger charge is 2.30. The van der Waals surface area contributed by atoms with Crippen LogP contribution in [-0.2, 0) is 65.4 Å². The van der Waals surface area contributed by atoms with E-state index >= 15 is 0 Å². The van der Waals surface area contributed by atoms with E-state index in [4.69, 9.17) is 37.0 Å². The van der Waals surface area contributed by atoms with Crippen molar-refractivity contribution in [2.75, 3.05) is 39.6 Å². The smallest absolute Gasteiger partial charge is 0.462 e. The van der Waals surface area contributed by atoms with Gasteiger partial charge in [0, 0.05) is 25.7 Å². The lowest BCUT2D eigenvalue weighted by Crippen LogP contribution is -2.30. The van der Waals surface area contributed by atoms with E-state index in [1.807, 2.05) is 0 Å². The maximum atomic E-state index is 13.1. The Balaban J connectivity index is 5.26. The van der Waals surface area contributed by atoms with Crippen molar-refractivity contribution in [2.45, 2.75) is 381 Å². The van der Waals surface area contributed by atoms with E-state index in [0.29, 0.717) is 25.7 Å². The lowest BCUT2D eigenvalue weighted by Gasteiger charge is -2.21. The lowest BCUT2D eigenvalue weighted by atomic mass is 10.0. The van der Waals surface area contributed by atoms with Gasteiger partial charge in [-0.05, 0) is 63.2 Å². The maximum Gasteiger partial charge on any atom is 0.472 e. The molecule has 554 valence electrons. The number of unbranched alkanes of at least 4 members (excludes halogenated alkanes) is 39. The molecule has 2 unspecified atom stereocenters. The summed E-state index contributed by atoms with van der Waals surface area (Å²) in [6.45, 7) is 9.50. The van der Waals surface area contributed by atoms with Crippen molar-refractivity contribution in [1.82, 2.24) is 0 Å². The zero-order chi connectivity index (χ0) is 69.3. The third-order valence-corrected chi connectivity index (χ3v) is 18.7. The van der Waals surface area contributed by atoms with Crippen LogP contribution in [0.2, 0.25) is 0 Å². The van der Waals surface area contributed by atoms with Gasteiger partial charge in [-0.2, -0.15) is 0 Å². The normalized spacial score (nSPS) is 14.2. The summed E-state index contributed by atoms with van der Waals surface area (Å²) in [4.78, 5) is 72.7. The Hall–Kier alpha value is -2.46. The highest BCUT2D eigenvalue weighted by atomic mass is 31.2. The van der Waals surface area contributed by atoms with E-state index in [-0.39, 0.29) is 25.7 Å². The summed E-state index contributed by atoms with van der Waals surface area (Å²) in [6.07, 6.45) is 56.3. The van der Waals surface area contributed by atoms with Gasteiger partial charge in [-0.15, -0.1) is 0 Å². The van der Waals surface area contributed by atoms with Gasteiger partial charge < -0.3 is 33.8 Å². The molecule has 0 aliphatic rings. The summed E-state index contributed by atoms with van der Waals surface area (Å²) < 4.78 is 68.4. The average molecular weight is 1380 g/mol. The van der Waals surface area contributed by atoms with Crippen LogP contribution in [-0.4, -0.2) is 96.7 Å². The predicted octanol–water partition coefficient (Wildman–Crippen LogP) is 21.5. The standard InChI is InChI=1S/C75H142O17P2/c1-7-9-11-13-15-17-18-19-21-25-28-34-40-46-52-58-73(78)86-64-71(91-74(79)59-53-47-41-35-29-26-23-20-22-24-27-32-37-43-49-55-67(3)4)66-90-94(83,84)88-62-69(76)61-87-93(81,82)89-65-70(63-85-72(77)57-51-45-39-31-16-14-12-10-8-2)92-75(80)60-54-48-42-36-30-33-38-44-50-56-68(5)6/h17-19,21,67-71,76H,7-16,20,22-66H2,1-6H3,(H,81,82)(H,83,84)/b18-17-,21-19-/t69-,70+,71+/m0/s1. The summed E-state index contributed by atoms with van der Waals surface area (Å²) >= 11 is 0. The third kappa shape index (κ3) is 68.1. The first kappa shape index (κ1) is 91.5. The molecular weight excluding hydrogens is 1230 g/mol. The van der Waals surface area contributed by atoms with Gasteiger partial charge in [0.2, 0.25) is 0 Å². The number of aliphatic hydroxyl groups excluding tert-OH is 1. The van der Waals surface area contributed by atoms with Crippen LogP contribution in [0.5, 0.6) is 0 Å². The van der Waals surface area contributed by atoms with Gasteiger partial charge in [-0.3, -0.25) is 37.3 Å². The number of carbonyl (C=O) groups excluding carboxylic acids is 4. The van der Waals surface area contributed by atoms with E-state index in [0.717, 1.165) is 121 Å². The summed E-state index contributed by atoms with van der Waals surface area (Å²) in [5.74, 6) is -0.614. The minimum atomic E-state index is -4.96. The maximum absolute atomic E-state index is 13.1. The SMILES string of the molecule is CCCCCC/C=C\C=C/CCCCCCCC(=O)OC[C@H](COP(=O)(O)OC[C@@H](O)COP(=O)(O)OC[C@@H](COC(=O)CCCCCCCCCCC)OC(=O)CCCCCCCCCCCC(C)C)OC(=O)CCCCCCCCCCCCCCCCCC(C)C. The number of carbonyl (C=O) groups is 4. The molecule has 0 aromatic carbocycles. The van der Waals surface area contributed by atoms with Crippen molar-refractivity contribution in [3.05, 3.63) is 24.3 Å². The number of hydrogen-bond acceptors (Lipinski definition) is 15. The molecule has 17 nitrogen and oxygen atoms in total. The van der Waals surface area contributed by atoms with Gasteiger partial charge in [-0.1, -0.05) is 310 Å². The van der Waals surface area contributed by atoms with Crippen LogP contribution < -0.4 is 0 Å². The molecule has 0 bridgehead atoms. The van der Waals surface area contributed by atoms with Gasteiger partial charge >= 0.3 is 39.5 Å². The van der Waals surface area contributed by atoms with Crippen LogP contribution in [0.25, 0.3) is 0 Å². The lowest BCUT2D eigenvalue weighted by molar-refractivity contribution is -0.161. The van der Waals surface area contributed by atoms with Crippen LogP contribution in [0, 0.1) is 11.8 Å². The summed E-state index contributed by atoms with van der Waals surface area (Å²) in [5, 5.41) is 10.6. The minimum Gasteiger partial charge on any atom is -0.462 e. The Kier molecular flexibility index (Phi) is 64.7. The monoisotopic (exact) mass is 1380 g/mol. The molecule has 0 saturated heterocycles. The van der Waals surface area contributed by atoms with Crippen LogP contribution in [0.15, 0.2) is 24.3 Å². The minimum absolute atomic E-state index is 0.101. The molecule has 0 spiro atoms. The van der Waals surface area contributed by atoms with Crippen molar-refractivity contribution in [2.24, 2.45) is 11.8 Å². The largest absolute Gasteiger partial charge is 0.472 e. The molecule has 0 fully saturated rings. The molecule has 3 N–H and O–H groups in total. The van der Waals surface area contributed by atoms with E-state index in [2.05, 4.69) is 65.8 Å². The van der Waals surface area contributed by atoms with Gasteiger partial charge in [0.15, 0.2) is 12.2 Å². The zero-order valence-corrected chi connectivity index (χ0v) is 62.5. The number of hydrogen-bond donors (Lipinski definition) is 3. The second kappa shape index (κ2) is 66.4. The molecular formula is C75H142O17P2. The van der Waals surface area contributed by atoms with E-state index in [9.17, 15) is 43.2 Å². The number of aliphatic hydroxyl groups is 1. The molecule has 0 rings (SSSR count). The van der Waals surface area contributed by atoms with Crippen LogP contribution >= 0.6 is 15.6 Å². The third-order valence-electron chi connectivity index (χ3n) is 16.8. The van der Waals surface area contributed by atoms with Crippen molar-refractivity contribution in [1.29, 1.82) is 0 Å². The molecule has 0 aliphatic heterocycles. The fourth-order valence-corrected chi connectivity index (χ4v) is 12.5. The van der Waals surface area contributed by atoms with Crippen molar-refractivity contribution in [3.63, 3.8) is 0 Å². The van der Waals surface area contributed by atoms with Crippen molar-refractivity contribution < 1.29 is 80.2 Å². The quantitative estimate of drug-likeness (QED) is 0.0169. The fraction of sp³-hybridized carbons (Fsp3) is 0.893. The molecule has 0 aliphatic carbocycles. The van der Waals surface area contributed by atoms with Gasteiger partial charge in [-0.25, -0.2) is 9.13 Å². The van der Waals surface area contributed by atoms with Gasteiger partial charge in [0.05, 0.1) is 26.4 Å². The van der Waals surface area contributed by atoms with E-state index < -0.39 is 97.5 Å². The van der Waals surface area contributed by atoms with Gasteiger partial charge in [0.1, 0.15) is 19.3 Å². The molecule has 0 radical (unpaired) electrons. The summed E-state index contributed by atoms with van der Waals surface area (Å²) in [5.41, 5.74) is 0. The molecule has 19 heteroatoms. The molecule has 0 aromatic rings. The molecule has 94 heavy (non-hydrogen) atoms. The van der Waals surface area contributed by atoms with E-state index in [1.165, 1.54) is 161 Å². The van der Waals surface area contributed by atoms with Crippen LogP contribution in [0.3, 0.4) is 0 Å². The van der Waals surface area contributed by atoms with Crippen LogP contribution in [0.1, 0.15) is 363 Å². The molecule has 5 atom stereocenters. The Morgan fingerprint density at radius 3 is 0.872 bits per heavy atom. The second-order valence-corrected chi connectivity index (χ2v) is 30.2. The number of esters is 4. The molecule has 0 saturated carbocycles. The first-order chi connectivity index (χ1) is 45.4. The highest BCUT2D eigenvalue weighted by molar-refractivity contribution is 7.47. The molecule has 0 heterocycles. The first-order valence-corrected chi connectivity index (χ1v) is 41.3. The number of rotatable bonds is 72. The number of phosphoric ester groups is 2. The van der Waals surface area contributed by atoms with Crippen LogP contribution in [0.4, 0.5) is 0 Å². The fourth-order valence-electron chi connectivity index (χ4n) is 10.9. The van der Waals surface area contributed by atoms with Crippen molar-refractivity contribution >= 4 is 39.5 Å². The van der Waals surface area contributed by atoms with Gasteiger partial charge in [0.25, 0.3) is 0 Å². The Morgan fingerprint density at radius 1 is 0.330 bits per heavy atom. The molecule has 0 amide bonds. The predicted molar refractivity (Wildman–Crippen MR) is 381 cm³/mol. The highest BCUT2D eigenvalue weighted by Crippen LogP contribution is 2.45. The van der Waals surface area contributed by atoms with E-state index in [1.54, 1.807) is 0 Å². The first-order valence-electron chi connectivity index (χ1n) is 38.3.